The van der Waals surface area contributed by atoms with Crippen LogP contribution in [0.3, 0.4) is 0 Å². The average molecular weight is 352 g/mol. The molecule has 0 saturated carbocycles. The minimum Gasteiger partial charge on any atom is -0.504 e. The van der Waals surface area contributed by atoms with Crippen molar-refractivity contribution in [2.24, 2.45) is 0 Å². The third-order valence-corrected chi connectivity index (χ3v) is 4.66. The SMILES string of the molecule is O=C(C=CN1CCN(CCc2ccccc2)CC1)c1ccc(O)c(O)c1. The third-order valence-electron chi connectivity index (χ3n) is 4.66. The fraction of sp³-hybridized carbons (Fsp3) is 0.286. The van der Waals surface area contributed by atoms with Gasteiger partial charge in [0.05, 0.1) is 0 Å². The molecule has 2 aromatic rings. The summed E-state index contributed by atoms with van der Waals surface area (Å²) in [4.78, 5) is 16.7. The molecule has 0 atom stereocenters. The maximum Gasteiger partial charge on any atom is 0.187 e. The molecule has 1 saturated heterocycles. The van der Waals surface area contributed by atoms with Crippen molar-refractivity contribution < 1.29 is 15.0 Å². The summed E-state index contributed by atoms with van der Waals surface area (Å²) >= 11 is 0. The number of carbonyl (C=O) groups excluding carboxylic acids is 1. The molecule has 0 radical (unpaired) electrons. The standard InChI is InChI=1S/C21H24N2O3/c24-19(18-6-7-20(25)21(26)16-18)9-11-23-14-12-22(13-15-23)10-8-17-4-2-1-3-5-17/h1-7,9,11,16,25-26H,8,10,12-15H2. The van der Waals surface area contributed by atoms with Crippen molar-refractivity contribution in [1.82, 2.24) is 9.80 Å². The molecule has 5 heteroatoms. The molecule has 0 spiro atoms. The maximum atomic E-state index is 12.2. The number of carbonyl (C=O) groups is 1. The molecule has 2 N–H and O–H groups in total. The van der Waals surface area contributed by atoms with E-state index in [2.05, 4.69) is 34.1 Å². The van der Waals surface area contributed by atoms with E-state index in [-0.39, 0.29) is 17.3 Å². The summed E-state index contributed by atoms with van der Waals surface area (Å²) in [7, 11) is 0. The van der Waals surface area contributed by atoms with Crippen molar-refractivity contribution >= 4 is 5.78 Å². The molecule has 136 valence electrons. The van der Waals surface area contributed by atoms with E-state index in [1.54, 1.807) is 0 Å². The van der Waals surface area contributed by atoms with Gasteiger partial charge in [0, 0.05) is 50.6 Å². The van der Waals surface area contributed by atoms with Crippen molar-refractivity contribution in [3.63, 3.8) is 0 Å². The van der Waals surface area contributed by atoms with Crippen LogP contribution in [0.4, 0.5) is 0 Å². The van der Waals surface area contributed by atoms with E-state index < -0.39 is 0 Å². The molecule has 0 bridgehead atoms. The van der Waals surface area contributed by atoms with Gasteiger partial charge in [-0.15, -0.1) is 0 Å². The Balaban J connectivity index is 1.45. The molecule has 0 amide bonds. The number of benzene rings is 2. The second-order valence-corrected chi connectivity index (χ2v) is 6.50. The molecule has 0 aromatic heterocycles. The molecule has 0 unspecified atom stereocenters. The highest BCUT2D eigenvalue weighted by Gasteiger charge is 2.14. The van der Waals surface area contributed by atoms with Crippen LogP contribution in [0.1, 0.15) is 15.9 Å². The number of hydrogen-bond donors (Lipinski definition) is 2. The van der Waals surface area contributed by atoms with Gasteiger partial charge in [-0.3, -0.25) is 9.69 Å². The molecule has 0 aliphatic carbocycles. The zero-order valence-electron chi connectivity index (χ0n) is 14.7. The molecule has 1 aliphatic rings. The quantitative estimate of drug-likeness (QED) is 0.475. The van der Waals surface area contributed by atoms with E-state index in [0.29, 0.717) is 5.56 Å². The molecular weight excluding hydrogens is 328 g/mol. The van der Waals surface area contributed by atoms with Gasteiger partial charge in [0.2, 0.25) is 0 Å². The molecule has 1 fully saturated rings. The summed E-state index contributed by atoms with van der Waals surface area (Å²) < 4.78 is 0. The van der Waals surface area contributed by atoms with Gasteiger partial charge in [-0.1, -0.05) is 30.3 Å². The van der Waals surface area contributed by atoms with Gasteiger partial charge >= 0.3 is 0 Å². The number of allylic oxidation sites excluding steroid dienone is 1. The highest BCUT2D eigenvalue weighted by molar-refractivity contribution is 6.04. The van der Waals surface area contributed by atoms with Crippen LogP contribution in [0, 0.1) is 0 Å². The Hall–Kier alpha value is -2.79. The number of ketones is 1. The molecule has 2 aromatic carbocycles. The highest BCUT2D eigenvalue weighted by Crippen LogP contribution is 2.25. The summed E-state index contributed by atoms with van der Waals surface area (Å²) in [5.74, 6) is -0.694. The van der Waals surface area contributed by atoms with Crippen LogP contribution in [0.15, 0.2) is 60.8 Å². The number of hydrogen-bond acceptors (Lipinski definition) is 5. The molecule has 5 nitrogen and oxygen atoms in total. The van der Waals surface area contributed by atoms with Gasteiger partial charge in [-0.25, -0.2) is 0 Å². The maximum absolute atomic E-state index is 12.2. The lowest BCUT2D eigenvalue weighted by molar-refractivity contribution is 0.104. The molecular formula is C21H24N2O3. The van der Waals surface area contributed by atoms with E-state index in [0.717, 1.165) is 39.1 Å². The zero-order valence-corrected chi connectivity index (χ0v) is 14.7. The van der Waals surface area contributed by atoms with Gasteiger partial charge in [0.1, 0.15) is 0 Å². The Bertz CT molecular complexity index is 766. The van der Waals surface area contributed by atoms with Crippen LogP contribution in [-0.4, -0.2) is 58.5 Å². The zero-order chi connectivity index (χ0) is 18.4. The van der Waals surface area contributed by atoms with Crippen molar-refractivity contribution in [1.29, 1.82) is 0 Å². The number of rotatable bonds is 6. The predicted octanol–water partition coefficient (Wildman–Crippen LogP) is 2.65. The van der Waals surface area contributed by atoms with Gasteiger partial charge in [-0.2, -0.15) is 0 Å². The molecule has 3 rings (SSSR count). The first kappa shape index (κ1) is 18.0. The smallest absolute Gasteiger partial charge is 0.187 e. The first-order valence-electron chi connectivity index (χ1n) is 8.86. The molecule has 26 heavy (non-hydrogen) atoms. The van der Waals surface area contributed by atoms with Crippen molar-refractivity contribution in [3.05, 3.63) is 71.9 Å². The first-order chi connectivity index (χ1) is 12.6. The van der Waals surface area contributed by atoms with Crippen LogP contribution in [0.5, 0.6) is 11.5 Å². The van der Waals surface area contributed by atoms with Gasteiger partial charge < -0.3 is 15.1 Å². The summed E-state index contributed by atoms with van der Waals surface area (Å²) in [6.07, 6.45) is 4.39. The third kappa shape index (κ3) is 4.86. The minimum atomic E-state index is -0.281. The number of nitrogens with zero attached hydrogens (tertiary/aromatic N) is 2. The number of piperazine rings is 1. The van der Waals surface area contributed by atoms with Gasteiger partial charge in [0.15, 0.2) is 17.3 Å². The number of phenols is 2. The lowest BCUT2D eigenvalue weighted by Crippen LogP contribution is -2.44. The first-order valence-corrected chi connectivity index (χ1v) is 8.86. The fourth-order valence-electron chi connectivity index (χ4n) is 3.01. The summed E-state index contributed by atoms with van der Waals surface area (Å²) in [6, 6.07) is 14.6. The predicted molar refractivity (Wildman–Crippen MR) is 101 cm³/mol. The van der Waals surface area contributed by atoms with Crippen LogP contribution in [0.25, 0.3) is 0 Å². The van der Waals surface area contributed by atoms with Crippen molar-refractivity contribution in [2.45, 2.75) is 6.42 Å². The van der Waals surface area contributed by atoms with E-state index in [9.17, 15) is 15.0 Å². The van der Waals surface area contributed by atoms with E-state index in [1.165, 1.54) is 29.8 Å². The van der Waals surface area contributed by atoms with Crippen LogP contribution in [0.2, 0.25) is 0 Å². The largest absolute Gasteiger partial charge is 0.504 e. The Kier molecular flexibility index (Phi) is 5.92. The van der Waals surface area contributed by atoms with E-state index >= 15 is 0 Å². The topological polar surface area (TPSA) is 64.0 Å². The summed E-state index contributed by atoms with van der Waals surface area (Å²) in [5, 5.41) is 18.8. The normalized spacial score (nSPS) is 15.5. The minimum absolute atomic E-state index is 0.188. The summed E-state index contributed by atoms with van der Waals surface area (Å²) in [5.41, 5.74) is 1.72. The Morgan fingerprint density at radius 1 is 0.962 bits per heavy atom. The van der Waals surface area contributed by atoms with Crippen LogP contribution < -0.4 is 0 Å². The van der Waals surface area contributed by atoms with Gasteiger partial charge in [-0.05, 0) is 30.2 Å². The Labute approximate surface area is 153 Å². The van der Waals surface area contributed by atoms with Gasteiger partial charge in [0.25, 0.3) is 0 Å². The van der Waals surface area contributed by atoms with Crippen LogP contribution >= 0.6 is 0 Å². The second kappa shape index (κ2) is 8.54. The Morgan fingerprint density at radius 3 is 2.38 bits per heavy atom. The van der Waals surface area contributed by atoms with E-state index in [1.807, 2.05) is 12.3 Å². The lowest BCUT2D eigenvalue weighted by Gasteiger charge is -2.34. The number of aromatic hydroxyl groups is 2. The number of phenolic OH excluding ortho intramolecular Hbond substituents is 2. The van der Waals surface area contributed by atoms with E-state index in [4.69, 9.17) is 0 Å². The second-order valence-electron chi connectivity index (χ2n) is 6.50. The van der Waals surface area contributed by atoms with Crippen molar-refractivity contribution in [3.8, 4) is 11.5 Å². The molecule has 1 aliphatic heterocycles. The van der Waals surface area contributed by atoms with Crippen LogP contribution in [-0.2, 0) is 6.42 Å². The fourth-order valence-corrected chi connectivity index (χ4v) is 3.01. The monoisotopic (exact) mass is 352 g/mol. The average Bonchev–Trinajstić information content (AvgIpc) is 2.68. The summed E-state index contributed by atoms with van der Waals surface area (Å²) in [6.45, 7) is 4.78. The molecule has 1 heterocycles. The Morgan fingerprint density at radius 2 is 1.69 bits per heavy atom. The lowest BCUT2D eigenvalue weighted by atomic mass is 10.1. The highest BCUT2D eigenvalue weighted by atomic mass is 16.3. The van der Waals surface area contributed by atoms with Crippen molar-refractivity contribution in [2.75, 3.05) is 32.7 Å².